The monoisotopic (exact) mass is 255 g/mol. The van der Waals surface area contributed by atoms with Crippen LogP contribution in [0.25, 0.3) is 0 Å². The van der Waals surface area contributed by atoms with E-state index in [2.05, 4.69) is 0 Å². The summed E-state index contributed by atoms with van der Waals surface area (Å²) >= 11 is 0. The van der Waals surface area contributed by atoms with Crippen LogP contribution in [0.15, 0.2) is 24.3 Å². The number of nitrogens with two attached hydrogens (primary N) is 1. The fraction of sp³-hybridized carbons (Fsp3) is 0.400. The lowest BCUT2D eigenvalue weighted by Gasteiger charge is -2.21. The third kappa shape index (κ3) is 3.13. The highest BCUT2D eigenvalue weighted by molar-refractivity contribution is 5.27. The van der Waals surface area contributed by atoms with Crippen molar-refractivity contribution in [1.29, 1.82) is 0 Å². The third-order valence-electron chi connectivity index (χ3n) is 2.26. The Kier molecular flexibility index (Phi) is 3.73. The Labute approximate surface area is 93.9 Å². The number of halogens is 5. The number of hydrogen-bond acceptors (Lipinski definition) is 2. The highest BCUT2D eigenvalue weighted by Crippen LogP contribution is 2.32. The first-order valence-corrected chi connectivity index (χ1v) is 4.60. The second-order valence-electron chi connectivity index (χ2n) is 3.52. The van der Waals surface area contributed by atoms with E-state index in [0.717, 1.165) is 12.1 Å². The van der Waals surface area contributed by atoms with Crippen LogP contribution in [0.3, 0.4) is 0 Å². The van der Waals surface area contributed by atoms with E-state index in [1.807, 2.05) is 0 Å². The van der Waals surface area contributed by atoms with Crippen LogP contribution in [0.5, 0.6) is 0 Å². The van der Waals surface area contributed by atoms with E-state index in [4.69, 9.17) is 10.8 Å². The first-order valence-electron chi connectivity index (χ1n) is 4.60. The zero-order chi connectivity index (χ0) is 13.3. The molecule has 0 saturated heterocycles. The van der Waals surface area contributed by atoms with Crippen molar-refractivity contribution < 1.29 is 27.1 Å². The summed E-state index contributed by atoms with van der Waals surface area (Å²) in [6.45, 7) is -1.46. The second-order valence-corrected chi connectivity index (χ2v) is 3.52. The molecule has 0 heterocycles. The molecule has 0 spiro atoms. The second kappa shape index (κ2) is 4.58. The number of benzene rings is 1. The van der Waals surface area contributed by atoms with Gasteiger partial charge in [-0.15, -0.1) is 0 Å². The number of aliphatic hydroxyl groups excluding tert-OH is 1. The molecule has 1 aromatic rings. The maximum atomic E-state index is 13.0. The molecule has 0 bridgehead atoms. The van der Waals surface area contributed by atoms with Crippen LogP contribution in [-0.2, 0) is 6.18 Å². The molecule has 0 aliphatic heterocycles. The Bertz CT molecular complexity index is 373. The van der Waals surface area contributed by atoms with Gasteiger partial charge >= 0.3 is 6.18 Å². The van der Waals surface area contributed by atoms with Gasteiger partial charge in [0.25, 0.3) is 5.92 Å². The van der Waals surface area contributed by atoms with Crippen LogP contribution in [-0.4, -0.2) is 17.6 Å². The van der Waals surface area contributed by atoms with Gasteiger partial charge in [-0.1, -0.05) is 12.1 Å². The molecule has 0 saturated carbocycles. The van der Waals surface area contributed by atoms with Crippen LogP contribution in [0, 0.1) is 0 Å². The van der Waals surface area contributed by atoms with Crippen molar-refractivity contribution in [2.75, 3.05) is 6.61 Å². The molecule has 0 amide bonds. The van der Waals surface area contributed by atoms with Gasteiger partial charge in [0.2, 0.25) is 0 Å². The van der Waals surface area contributed by atoms with Gasteiger partial charge in [-0.3, -0.25) is 0 Å². The normalized spacial score (nSPS) is 14.8. The average molecular weight is 255 g/mol. The zero-order valence-corrected chi connectivity index (χ0v) is 8.51. The number of rotatable bonds is 3. The average Bonchev–Trinajstić information content (AvgIpc) is 2.27. The van der Waals surface area contributed by atoms with Gasteiger partial charge in [0.15, 0.2) is 0 Å². The maximum absolute atomic E-state index is 13.0. The van der Waals surface area contributed by atoms with Crippen molar-refractivity contribution in [3.05, 3.63) is 35.4 Å². The molecule has 7 heteroatoms. The van der Waals surface area contributed by atoms with Gasteiger partial charge in [-0.2, -0.15) is 13.2 Å². The molecule has 1 atom stereocenters. The summed E-state index contributed by atoms with van der Waals surface area (Å²) in [7, 11) is 0. The topological polar surface area (TPSA) is 46.2 Å². The summed E-state index contributed by atoms with van der Waals surface area (Å²) < 4.78 is 62.5. The largest absolute Gasteiger partial charge is 0.416 e. The first-order chi connectivity index (χ1) is 7.68. The standard InChI is InChI=1S/C10H10F5NO/c11-9(12,5-17)8(16)6-1-3-7(4-2-6)10(13,14)15/h1-4,8,17H,5,16H2/t8-/m0/s1. The highest BCUT2D eigenvalue weighted by atomic mass is 19.4. The lowest BCUT2D eigenvalue weighted by molar-refractivity contribution is -0.137. The van der Waals surface area contributed by atoms with Gasteiger partial charge < -0.3 is 10.8 Å². The predicted molar refractivity (Wildman–Crippen MR) is 50.4 cm³/mol. The van der Waals surface area contributed by atoms with E-state index in [9.17, 15) is 22.0 Å². The van der Waals surface area contributed by atoms with Gasteiger partial charge in [0.05, 0.1) is 11.6 Å². The molecule has 2 nitrogen and oxygen atoms in total. The minimum Gasteiger partial charge on any atom is -0.390 e. The smallest absolute Gasteiger partial charge is 0.390 e. The summed E-state index contributed by atoms with van der Waals surface area (Å²) in [5.41, 5.74) is 4.04. The van der Waals surface area contributed by atoms with Gasteiger partial charge in [-0.25, -0.2) is 8.78 Å². The molecule has 3 N–H and O–H groups in total. The zero-order valence-electron chi connectivity index (χ0n) is 8.51. The number of hydrogen-bond donors (Lipinski definition) is 2. The maximum Gasteiger partial charge on any atom is 0.416 e. The predicted octanol–water partition coefficient (Wildman–Crippen LogP) is 2.33. The van der Waals surface area contributed by atoms with Gasteiger partial charge in [0.1, 0.15) is 6.61 Å². The summed E-state index contributed by atoms with van der Waals surface area (Å²) in [5, 5.41) is 8.40. The molecule has 1 rings (SSSR count). The van der Waals surface area contributed by atoms with Crippen LogP contribution in [0.2, 0.25) is 0 Å². The first kappa shape index (κ1) is 13.9. The van der Waals surface area contributed by atoms with Crippen molar-refractivity contribution in [2.45, 2.75) is 18.1 Å². The quantitative estimate of drug-likeness (QED) is 0.814. The molecule has 17 heavy (non-hydrogen) atoms. The van der Waals surface area contributed by atoms with Crippen LogP contribution >= 0.6 is 0 Å². The lowest BCUT2D eigenvalue weighted by Crippen LogP contribution is -2.36. The molecule has 0 aliphatic carbocycles. The van der Waals surface area contributed by atoms with E-state index in [-0.39, 0.29) is 5.56 Å². The Morgan fingerprint density at radius 1 is 1.06 bits per heavy atom. The Morgan fingerprint density at radius 2 is 1.53 bits per heavy atom. The summed E-state index contributed by atoms with van der Waals surface area (Å²) in [6.07, 6.45) is -4.53. The number of alkyl halides is 5. The molecular weight excluding hydrogens is 245 g/mol. The van der Waals surface area contributed by atoms with Gasteiger partial charge in [0, 0.05) is 0 Å². The van der Waals surface area contributed by atoms with Crippen molar-refractivity contribution in [3.8, 4) is 0 Å². The Balaban J connectivity index is 2.96. The summed E-state index contributed by atoms with van der Waals surface area (Å²) in [4.78, 5) is 0. The van der Waals surface area contributed by atoms with Crippen molar-refractivity contribution in [3.63, 3.8) is 0 Å². The Morgan fingerprint density at radius 3 is 1.88 bits per heavy atom. The molecule has 96 valence electrons. The van der Waals surface area contributed by atoms with Gasteiger partial charge in [-0.05, 0) is 17.7 Å². The SMILES string of the molecule is N[C@@H](c1ccc(C(F)(F)F)cc1)C(F)(F)CO. The molecule has 0 aliphatic rings. The van der Waals surface area contributed by atoms with Crippen molar-refractivity contribution in [1.82, 2.24) is 0 Å². The van der Waals surface area contributed by atoms with Crippen molar-refractivity contribution >= 4 is 0 Å². The van der Waals surface area contributed by atoms with E-state index < -0.39 is 30.3 Å². The minimum absolute atomic E-state index is 0.169. The van der Waals surface area contributed by atoms with E-state index in [1.54, 1.807) is 0 Å². The van der Waals surface area contributed by atoms with Crippen LogP contribution in [0.4, 0.5) is 22.0 Å². The van der Waals surface area contributed by atoms with E-state index in [0.29, 0.717) is 12.1 Å². The molecule has 0 radical (unpaired) electrons. The highest BCUT2D eigenvalue weighted by Gasteiger charge is 2.38. The van der Waals surface area contributed by atoms with E-state index in [1.165, 1.54) is 0 Å². The van der Waals surface area contributed by atoms with E-state index >= 15 is 0 Å². The molecular formula is C10H10F5NO. The number of aliphatic hydroxyl groups is 1. The van der Waals surface area contributed by atoms with Crippen LogP contribution in [0.1, 0.15) is 17.2 Å². The molecule has 0 aromatic heterocycles. The molecule has 0 unspecified atom stereocenters. The summed E-state index contributed by atoms with van der Waals surface area (Å²) in [6, 6.07) is 1.24. The third-order valence-corrected chi connectivity index (χ3v) is 2.26. The summed E-state index contributed by atoms with van der Waals surface area (Å²) in [5.74, 6) is -3.57. The molecule has 1 aromatic carbocycles. The Hall–Kier alpha value is -1.21. The fourth-order valence-corrected chi connectivity index (χ4v) is 1.22. The molecule has 0 fully saturated rings. The fourth-order valence-electron chi connectivity index (χ4n) is 1.22. The lowest BCUT2D eigenvalue weighted by atomic mass is 10.0. The van der Waals surface area contributed by atoms with Crippen LogP contribution < -0.4 is 5.73 Å². The van der Waals surface area contributed by atoms with Crippen molar-refractivity contribution in [2.24, 2.45) is 5.73 Å². The minimum atomic E-state index is -4.53.